The lowest BCUT2D eigenvalue weighted by molar-refractivity contribution is -0.153. The van der Waals surface area contributed by atoms with E-state index in [0.717, 1.165) is 18.2 Å². The van der Waals surface area contributed by atoms with Crippen molar-refractivity contribution in [2.24, 2.45) is 0 Å². The zero-order valence-corrected chi connectivity index (χ0v) is 15.5. The maximum atomic E-state index is 13.1. The molecule has 0 aliphatic carbocycles. The Balaban J connectivity index is 1.63. The van der Waals surface area contributed by atoms with Gasteiger partial charge in [-0.25, -0.2) is 4.98 Å². The van der Waals surface area contributed by atoms with Crippen LogP contribution in [-0.4, -0.2) is 48.2 Å². The number of carbonyl (C=O) groups is 1. The number of amides is 1. The lowest BCUT2D eigenvalue weighted by atomic mass is 10.1. The van der Waals surface area contributed by atoms with Crippen molar-refractivity contribution in [1.82, 2.24) is 9.88 Å². The van der Waals surface area contributed by atoms with E-state index in [2.05, 4.69) is 9.40 Å². The van der Waals surface area contributed by atoms with Crippen LogP contribution >= 0.6 is 0 Å². The third-order valence-electron chi connectivity index (χ3n) is 4.25. The molecule has 1 amide bonds. The first-order valence-corrected chi connectivity index (χ1v) is 8.69. The molecule has 164 valence electrons. The molecule has 1 fully saturated rings. The van der Waals surface area contributed by atoms with Crippen LogP contribution in [0.2, 0.25) is 0 Å². The van der Waals surface area contributed by atoms with E-state index in [4.69, 9.17) is 9.47 Å². The van der Waals surface area contributed by atoms with Gasteiger partial charge in [0.1, 0.15) is 18.5 Å². The number of hydrogen-bond donors (Lipinski definition) is 0. The van der Waals surface area contributed by atoms with E-state index in [1.165, 1.54) is 11.8 Å². The molecule has 12 heteroatoms. The number of aryl methyl sites for hydroxylation is 1. The van der Waals surface area contributed by atoms with E-state index in [1.807, 2.05) is 0 Å². The highest BCUT2D eigenvalue weighted by Crippen LogP contribution is 2.35. The number of nitrogens with zero attached hydrogens (tertiary/aromatic N) is 2. The van der Waals surface area contributed by atoms with Gasteiger partial charge in [0.25, 0.3) is 5.91 Å². The number of halogens is 6. The lowest BCUT2D eigenvalue weighted by Crippen LogP contribution is -2.47. The highest BCUT2D eigenvalue weighted by atomic mass is 19.4. The molecule has 1 aliphatic rings. The fourth-order valence-electron chi connectivity index (χ4n) is 2.87. The van der Waals surface area contributed by atoms with Crippen molar-refractivity contribution in [3.05, 3.63) is 47.0 Å². The maximum absolute atomic E-state index is 13.1. The van der Waals surface area contributed by atoms with Crippen molar-refractivity contribution >= 4 is 5.91 Å². The molecular formula is C18H16F6N2O4. The molecule has 0 bridgehead atoms. The molecule has 3 rings (SSSR count). The summed E-state index contributed by atoms with van der Waals surface area (Å²) in [5, 5.41) is 0. The first-order chi connectivity index (χ1) is 13.9. The van der Waals surface area contributed by atoms with Crippen LogP contribution in [0.3, 0.4) is 0 Å². The smallest absolute Gasteiger partial charge is 0.450 e. The van der Waals surface area contributed by atoms with Crippen LogP contribution in [0.4, 0.5) is 26.3 Å². The second-order valence-electron chi connectivity index (χ2n) is 6.54. The highest BCUT2D eigenvalue weighted by Gasteiger charge is 2.41. The molecule has 1 aliphatic heterocycles. The normalized spacial score (nSPS) is 17.8. The van der Waals surface area contributed by atoms with Crippen molar-refractivity contribution in [3.63, 3.8) is 0 Å². The van der Waals surface area contributed by atoms with Gasteiger partial charge in [-0.1, -0.05) is 0 Å². The summed E-state index contributed by atoms with van der Waals surface area (Å²) in [6.07, 6.45) is -9.43. The molecule has 1 unspecified atom stereocenters. The number of hydrogen-bond acceptors (Lipinski definition) is 5. The SMILES string of the molecule is Cc1cc(C(=O)N2CCOC(COc3ccc(C(F)(F)F)cn3)C2)c(C(F)(F)F)o1. The molecule has 0 radical (unpaired) electrons. The molecule has 0 aromatic carbocycles. The number of ether oxygens (including phenoxy) is 2. The van der Waals surface area contributed by atoms with Crippen LogP contribution in [-0.2, 0) is 17.1 Å². The fourth-order valence-corrected chi connectivity index (χ4v) is 2.87. The first-order valence-electron chi connectivity index (χ1n) is 8.69. The summed E-state index contributed by atoms with van der Waals surface area (Å²) in [5.74, 6) is -2.36. The standard InChI is InChI=1S/C18H16F6N2O4/c1-10-6-13(15(30-10)18(22,23)24)16(27)26-4-5-28-12(8-26)9-29-14-3-2-11(7-25-14)17(19,20)21/h2-3,6-7,12H,4-5,8-9H2,1H3. The van der Waals surface area contributed by atoms with Gasteiger partial charge in [-0.3, -0.25) is 4.79 Å². The number of furan rings is 1. The van der Waals surface area contributed by atoms with E-state index < -0.39 is 41.3 Å². The van der Waals surface area contributed by atoms with Crippen LogP contribution < -0.4 is 4.74 Å². The third kappa shape index (κ3) is 5.04. The molecular weight excluding hydrogens is 422 g/mol. The molecule has 1 atom stereocenters. The van der Waals surface area contributed by atoms with E-state index in [-0.39, 0.29) is 37.9 Å². The summed E-state index contributed by atoms with van der Waals surface area (Å²) in [6, 6.07) is 2.87. The summed E-state index contributed by atoms with van der Waals surface area (Å²) in [7, 11) is 0. The second-order valence-corrected chi connectivity index (χ2v) is 6.54. The molecule has 2 aromatic heterocycles. The van der Waals surface area contributed by atoms with E-state index >= 15 is 0 Å². The average molecular weight is 438 g/mol. The second kappa shape index (κ2) is 8.17. The summed E-state index contributed by atoms with van der Waals surface area (Å²) < 4.78 is 92.3. The van der Waals surface area contributed by atoms with Gasteiger partial charge in [0.05, 0.1) is 24.3 Å². The predicted molar refractivity (Wildman–Crippen MR) is 88.8 cm³/mol. The van der Waals surface area contributed by atoms with Gasteiger partial charge in [-0.15, -0.1) is 0 Å². The van der Waals surface area contributed by atoms with Crippen molar-refractivity contribution < 1.29 is 45.0 Å². The maximum Gasteiger partial charge on any atom is 0.450 e. The highest BCUT2D eigenvalue weighted by molar-refractivity contribution is 5.95. The Labute approximate surface area is 166 Å². The van der Waals surface area contributed by atoms with Gasteiger partial charge < -0.3 is 18.8 Å². The Morgan fingerprint density at radius 3 is 2.57 bits per heavy atom. The Hall–Kier alpha value is -2.76. The van der Waals surface area contributed by atoms with Crippen molar-refractivity contribution in [1.29, 1.82) is 0 Å². The topological polar surface area (TPSA) is 64.8 Å². The number of pyridine rings is 1. The third-order valence-corrected chi connectivity index (χ3v) is 4.25. The zero-order chi connectivity index (χ0) is 22.1. The van der Waals surface area contributed by atoms with Crippen molar-refractivity contribution in [3.8, 4) is 5.88 Å². The molecule has 3 heterocycles. The molecule has 0 saturated carbocycles. The molecule has 0 N–H and O–H groups in total. The minimum atomic E-state index is -4.82. The molecule has 6 nitrogen and oxygen atoms in total. The largest absolute Gasteiger partial charge is 0.475 e. The van der Waals surface area contributed by atoms with Gasteiger partial charge in [0.2, 0.25) is 11.6 Å². The molecule has 0 spiro atoms. The van der Waals surface area contributed by atoms with E-state index in [9.17, 15) is 31.1 Å². The molecule has 1 saturated heterocycles. The van der Waals surface area contributed by atoms with Crippen LogP contribution in [0, 0.1) is 6.92 Å². The van der Waals surface area contributed by atoms with E-state index in [0.29, 0.717) is 6.20 Å². The number of aromatic nitrogens is 1. The Morgan fingerprint density at radius 1 is 1.23 bits per heavy atom. The van der Waals surface area contributed by atoms with Crippen LogP contribution in [0.5, 0.6) is 5.88 Å². The summed E-state index contributed by atoms with van der Waals surface area (Å²) >= 11 is 0. The minimum Gasteiger partial charge on any atom is -0.475 e. The summed E-state index contributed by atoms with van der Waals surface area (Å²) in [4.78, 5) is 17.3. The van der Waals surface area contributed by atoms with Gasteiger partial charge in [-0.2, -0.15) is 26.3 Å². The van der Waals surface area contributed by atoms with Gasteiger partial charge in [0.15, 0.2) is 0 Å². The Morgan fingerprint density at radius 2 is 1.97 bits per heavy atom. The van der Waals surface area contributed by atoms with Gasteiger partial charge in [-0.05, 0) is 19.1 Å². The minimum absolute atomic E-state index is 0.0489. The fraction of sp³-hybridized carbons (Fsp3) is 0.444. The lowest BCUT2D eigenvalue weighted by Gasteiger charge is -2.32. The summed E-state index contributed by atoms with van der Waals surface area (Å²) in [5.41, 5.74) is -1.53. The summed E-state index contributed by atoms with van der Waals surface area (Å²) in [6.45, 7) is 1.20. The van der Waals surface area contributed by atoms with Gasteiger partial charge in [0, 0.05) is 18.8 Å². The number of alkyl halides is 6. The predicted octanol–water partition coefficient (Wildman–Crippen LogP) is 3.94. The average Bonchev–Trinajstić information content (AvgIpc) is 3.08. The zero-order valence-electron chi connectivity index (χ0n) is 15.5. The number of carbonyl (C=O) groups excluding carboxylic acids is 1. The quantitative estimate of drug-likeness (QED) is 0.677. The monoisotopic (exact) mass is 438 g/mol. The Bertz CT molecular complexity index is 892. The van der Waals surface area contributed by atoms with Crippen molar-refractivity contribution in [2.45, 2.75) is 25.4 Å². The van der Waals surface area contributed by atoms with Crippen molar-refractivity contribution in [2.75, 3.05) is 26.3 Å². The van der Waals surface area contributed by atoms with Crippen LogP contribution in [0.25, 0.3) is 0 Å². The van der Waals surface area contributed by atoms with Crippen LogP contribution in [0.15, 0.2) is 28.8 Å². The van der Waals surface area contributed by atoms with E-state index in [1.54, 1.807) is 0 Å². The van der Waals surface area contributed by atoms with Crippen LogP contribution in [0.1, 0.15) is 27.4 Å². The Kier molecular flexibility index (Phi) is 5.97. The first kappa shape index (κ1) is 21.9. The number of morpholine rings is 1. The molecule has 2 aromatic rings. The number of rotatable bonds is 4. The molecule has 30 heavy (non-hydrogen) atoms. The van der Waals surface area contributed by atoms with Gasteiger partial charge >= 0.3 is 12.4 Å².